The van der Waals surface area contributed by atoms with Crippen molar-refractivity contribution in [1.29, 1.82) is 0 Å². The Bertz CT molecular complexity index is 1040. The number of thioether (sulfide) groups is 2. The Labute approximate surface area is 194 Å². The molecular weight excluding hydrogens is 452 g/mol. The van der Waals surface area contributed by atoms with Crippen molar-refractivity contribution in [3.8, 4) is 11.4 Å². The third-order valence-electron chi connectivity index (χ3n) is 4.80. The minimum absolute atomic E-state index is 0.0839. The third kappa shape index (κ3) is 6.01. The lowest BCUT2D eigenvalue weighted by molar-refractivity contribution is -0.113. The number of para-hydroxylation sites is 1. The Morgan fingerprint density at radius 1 is 1.09 bits per heavy atom. The first-order valence-corrected chi connectivity index (χ1v) is 12.0. The van der Waals surface area contributed by atoms with Gasteiger partial charge in [-0.15, -0.1) is 10.2 Å². The summed E-state index contributed by atoms with van der Waals surface area (Å²) in [7, 11) is 1.85. The molecule has 0 spiro atoms. The molecule has 0 aliphatic carbocycles. The van der Waals surface area contributed by atoms with Crippen LogP contribution >= 0.6 is 23.5 Å². The lowest BCUT2D eigenvalue weighted by Gasteiger charge is -2.21. The number of carbonyl (C=O) groups is 1. The van der Waals surface area contributed by atoms with Crippen LogP contribution in [0.5, 0.6) is 0 Å². The second-order valence-electron chi connectivity index (χ2n) is 6.80. The summed E-state index contributed by atoms with van der Waals surface area (Å²) in [6, 6.07) is 14.7. The molecule has 3 rings (SSSR count). The molecule has 2 aromatic carbocycles. The molecule has 0 fully saturated rings. The molecule has 10 heteroatoms. The van der Waals surface area contributed by atoms with E-state index in [1.165, 1.54) is 11.8 Å². The van der Waals surface area contributed by atoms with Crippen molar-refractivity contribution < 1.29 is 13.6 Å². The molecule has 32 heavy (non-hydrogen) atoms. The zero-order valence-corrected chi connectivity index (χ0v) is 19.7. The third-order valence-corrected chi connectivity index (χ3v) is 6.61. The summed E-state index contributed by atoms with van der Waals surface area (Å²) in [5, 5.41) is 11.8. The number of halogens is 2. The molecule has 0 saturated heterocycles. The molecule has 6 nitrogen and oxygen atoms in total. The monoisotopic (exact) mass is 477 g/mol. The van der Waals surface area contributed by atoms with E-state index in [9.17, 15) is 13.6 Å². The molecule has 0 radical (unpaired) electrons. The lowest BCUT2D eigenvalue weighted by Crippen LogP contribution is -2.21. The Hall–Kier alpha value is -2.59. The van der Waals surface area contributed by atoms with Gasteiger partial charge in [-0.25, -0.2) is 0 Å². The molecule has 0 atom stereocenters. The molecule has 1 heterocycles. The summed E-state index contributed by atoms with van der Waals surface area (Å²) in [5.74, 6) is -2.07. The standard InChI is InChI=1S/C22H25F2N5OS2/c1-4-29(5-2)16-12-10-15(11-13-16)20-26-27-22(28(20)3)31-14-19(30)25-17-8-6-7-9-18(17)32-21(23)24/h6-13,21H,4-5,14H2,1-3H3,(H,25,30). The summed E-state index contributed by atoms with van der Waals surface area (Å²) in [4.78, 5) is 15.0. The van der Waals surface area contributed by atoms with Gasteiger partial charge in [0, 0.05) is 36.3 Å². The molecule has 1 aromatic heterocycles. The smallest absolute Gasteiger partial charge is 0.288 e. The second-order valence-corrected chi connectivity index (χ2v) is 8.77. The highest BCUT2D eigenvalue weighted by atomic mass is 32.2. The highest BCUT2D eigenvalue weighted by Gasteiger charge is 2.15. The Kier molecular flexibility index (Phi) is 8.52. The van der Waals surface area contributed by atoms with Crippen molar-refractivity contribution in [2.45, 2.75) is 29.7 Å². The molecule has 170 valence electrons. The average molecular weight is 478 g/mol. The van der Waals surface area contributed by atoms with Crippen molar-refractivity contribution in [2.75, 3.05) is 29.1 Å². The van der Waals surface area contributed by atoms with Gasteiger partial charge in [-0.05, 0) is 50.2 Å². The van der Waals surface area contributed by atoms with Crippen LogP contribution in [0, 0.1) is 0 Å². The van der Waals surface area contributed by atoms with Gasteiger partial charge in [0.2, 0.25) is 5.91 Å². The van der Waals surface area contributed by atoms with Gasteiger partial charge in [0.15, 0.2) is 11.0 Å². The number of aromatic nitrogens is 3. The number of hydrogen-bond donors (Lipinski definition) is 1. The maximum absolute atomic E-state index is 12.7. The summed E-state index contributed by atoms with van der Waals surface area (Å²) >= 11 is 1.65. The summed E-state index contributed by atoms with van der Waals surface area (Å²) in [6.45, 7) is 6.12. The van der Waals surface area contributed by atoms with Crippen molar-refractivity contribution in [3.05, 3.63) is 48.5 Å². The van der Waals surface area contributed by atoms with Gasteiger partial charge >= 0.3 is 0 Å². The highest BCUT2D eigenvalue weighted by Crippen LogP contribution is 2.32. The first-order chi connectivity index (χ1) is 15.4. The molecule has 1 amide bonds. The van der Waals surface area contributed by atoms with E-state index >= 15 is 0 Å². The van der Waals surface area contributed by atoms with E-state index in [2.05, 4.69) is 46.4 Å². The summed E-state index contributed by atoms with van der Waals surface area (Å²) in [6.07, 6.45) is 0. The minimum atomic E-state index is -2.56. The predicted molar refractivity (Wildman–Crippen MR) is 128 cm³/mol. The maximum atomic E-state index is 12.7. The van der Waals surface area contributed by atoms with Gasteiger partial charge in [-0.2, -0.15) is 8.78 Å². The van der Waals surface area contributed by atoms with Crippen LogP contribution < -0.4 is 10.2 Å². The van der Waals surface area contributed by atoms with E-state index in [-0.39, 0.29) is 11.7 Å². The second kappa shape index (κ2) is 11.3. The fourth-order valence-corrected chi connectivity index (χ4v) is 4.49. The van der Waals surface area contributed by atoms with E-state index in [1.807, 2.05) is 23.7 Å². The number of amides is 1. The van der Waals surface area contributed by atoms with E-state index in [4.69, 9.17) is 0 Å². The number of rotatable bonds is 10. The van der Waals surface area contributed by atoms with Crippen LogP contribution in [0.1, 0.15) is 13.8 Å². The quantitative estimate of drug-likeness (QED) is 0.396. The first-order valence-electron chi connectivity index (χ1n) is 10.1. The fourth-order valence-electron chi connectivity index (χ4n) is 3.19. The molecule has 3 aromatic rings. The van der Waals surface area contributed by atoms with Crippen molar-refractivity contribution in [1.82, 2.24) is 14.8 Å². The molecule has 0 aliphatic heterocycles. The van der Waals surface area contributed by atoms with E-state index in [1.54, 1.807) is 24.3 Å². The van der Waals surface area contributed by atoms with Gasteiger partial charge in [-0.1, -0.05) is 35.7 Å². The van der Waals surface area contributed by atoms with Crippen molar-refractivity contribution >= 4 is 40.8 Å². The molecule has 0 aliphatic rings. The molecule has 0 bridgehead atoms. The van der Waals surface area contributed by atoms with Crippen molar-refractivity contribution in [3.63, 3.8) is 0 Å². The number of alkyl halides is 2. The fraction of sp³-hybridized carbons (Fsp3) is 0.318. The van der Waals surface area contributed by atoms with E-state index in [0.717, 1.165) is 24.3 Å². The topological polar surface area (TPSA) is 63.1 Å². The molecular formula is C22H25F2N5OS2. The summed E-state index contributed by atoms with van der Waals surface area (Å²) < 4.78 is 27.3. The van der Waals surface area contributed by atoms with Gasteiger partial charge < -0.3 is 14.8 Å². The van der Waals surface area contributed by atoms with Crippen molar-refractivity contribution in [2.24, 2.45) is 7.05 Å². The maximum Gasteiger partial charge on any atom is 0.288 e. The zero-order valence-electron chi connectivity index (χ0n) is 18.1. The Balaban J connectivity index is 1.64. The number of nitrogens with zero attached hydrogens (tertiary/aromatic N) is 4. The summed E-state index contributed by atoms with van der Waals surface area (Å²) in [5.41, 5.74) is 2.46. The predicted octanol–water partition coefficient (Wildman–Crippen LogP) is 5.37. The highest BCUT2D eigenvalue weighted by molar-refractivity contribution is 8.00. The average Bonchev–Trinajstić information content (AvgIpc) is 3.15. The van der Waals surface area contributed by atoms with Crippen LogP contribution in [0.15, 0.2) is 58.6 Å². The van der Waals surface area contributed by atoms with Crippen LogP contribution in [0.25, 0.3) is 11.4 Å². The van der Waals surface area contributed by atoms with Crippen LogP contribution in [0.3, 0.4) is 0 Å². The molecule has 1 N–H and O–H groups in total. The number of nitrogens with one attached hydrogen (secondary N) is 1. The number of carbonyl (C=O) groups excluding carboxylic acids is 1. The Morgan fingerprint density at radius 3 is 2.44 bits per heavy atom. The van der Waals surface area contributed by atoms with Crippen LogP contribution in [0.4, 0.5) is 20.2 Å². The Morgan fingerprint density at radius 2 is 1.78 bits per heavy atom. The zero-order chi connectivity index (χ0) is 23.1. The van der Waals surface area contributed by atoms with Crippen LogP contribution in [0.2, 0.25) is 0 Å². The molecule has 0 saturated carbocycles. The number of anilines is 2. The van der Waals surface area contributed by atoms with Gasteiger partial charge in [0.25, 0.3) is 5.76 Å². The first kappa shape index (κ1) is 24.1. The largest absolute Gasteiger partial charge is 0.372 e. The van der Waals surface area contributed by atoms with E-state index in [0.29, 0.717) is 33.3 Å². The minimum Gasteiger partial charge on any atom is -0.372 e. The normalized spacial score (nSPS) is 11.1. The lowest BCUT2D eigenvalue weighted by atomic mass is 10.2. The molecule has 0 unspecified atom stereocenters. The van der Waals surface area contributed by atoms with Crippen LogP contribution in [-0.4, -0.2) is 45.3 Å². The number of benzene rings is 2. The van der Waals surface area contributed by atoms with Gasteiger partial charge in [-0.3, -0.25) is 4.79 Å². The van der Waals surface area contributed by atoms with Gasteiger partial charge in [0.1, 0.15) is 0 Å². The number of hydrogen-bond acceptors (Lipinski definition) is 6. The van der Waals surface area contributed by atoms with Gasteiger partial charge in [0.05, 0.1) is 11.4 Å². The van der Waals surface area contributed by atoms with Crippen LogP contribution in [-0.2, 0) is 11.8 Å². The van der Waals surface area contributed by atoms with E-state index < -0.39 is 5.76 Å². The SMILES string of the molecule is CCN(CC)c1ccc(-c2nnc(SCC(=O)Nc3ccccc3SC(F)F)n2C)cc1.